The van der Waals surface area contributed by atoms with Gasteiger partial charge in [-0.3, -0.25) is 4.98 Å². The highest BCUT2D eigenvalue weighted by Gasteiger charge is 2.30. The maximum atomic E-state index is 6.13. The zero-order valence-electron chi connectivity index (χ0n) is 10.2. The van der Waals surface area contributed by atoms with Crippen LogP contribution in [0.2, 0.25) is 5.02 Å². The van der Waals surface area contributed by atoms with E-state index in [1.807, 2.05) is 6.07 Å². The summed E-state index contributed by atoms with van der Waals surface area (Å²) >= 11 is 18.4. The Morgan fingerprint density at radius 3 is 2.41 bits per heavy atom. The first kappa shape index (κ1) is 15.1. The van der Waals surface area contributed by atoms with E-state index in [0.717, 1.165) is 18.4 Å². The van der Waals surface area contributed by atoms with E-state index in [2.05, 4.69) is 18.8 Å². The van der Waals surface area contributed by atoms with Crippen LogP contribution in [0, 0.1) is 11.3 Å². The SMILES string of the molecule is CC(C)CC(CCl)(CCl)Cc1ccncc1Cl. The third-order valence-corrected chi connectivity index (χ3v) is 4.30. The molecule has 1 aromatic heterocycles. The Kier molecular flexibility index (Phi) is 6.05. The molecule has 0 atom stereocenters. The molecule has 96 valence electrons. The second-order valence-corrected chi connectivity index (χ2v) is 5.95. The van der Waals surface area contributed by atoms with Gasteiger partial charge in [0.05, 0.1) is 5.02 Å². The number of rotatable bonds is 6. The molecule has 0 unspecified atom stereocenters. The Hall–Kier alpha value is 0.0200. The maximum absolute atomic E-state index is 6.13. The molecule has 0 N–H and O–H groups in total. The minimum Gasteiger partial charge on any atom is -0.263 e. The number of nitrogens with zero attached hydrogens (tertiary/aromatic N) is 1. The van der Waals surface area contributed by atoms with Crippen LogP contribution in [-0.2, 0) is 6.42 Å². The van der Waals surface area contributed by atoms with Gasteiger partial charge < -0.3 is 0 Å². The molecule has 0 aliphatic rings. The highest BCUT2D eigenvalue weighted by atomic mass is 35.5. The van der Waals surface area contributed by atoms with Gasteiger partial charge in [-0.25, -0.2) is 0 Å². The van der Waals surface area contributed by atoms with Gasteiger partial charge in [0, 0.05) is 29.6 Å². The summed E-state index contributed by atoms with van der Waals surface area (Å²) in [4.78, 5) is 3.99. The van der Waals surface area contributed by atoms with Crippen molar-refractivity contribution in [3.8, 4) is 0 Å². The monoisotopic (exact) mass is 293 g/mol. The van der Waals surface area contributed by atoms with Crippen LogP contribution in [-0.4, -0.2) is 16.7 Å². The fraction of sp³-hybridized carbons (Fsp3) is 0.615. The van der Waals surface area contributed by atoms with Crippen LogP contribution in [0.5, 0.6) is 0 Å². The van der Waals surface area contributed by atoms with Gasteiger partial charge in [0.2, 0.25) is 0 Å². The standard InChI is InChI=1S/C13H18Cl3N/c1-10(2)5-13(8-14,9-15)6-11-3-4-17-7-12(11)16/h3-4,7,10H,5-6,8-9H2,1-2H3. The Bertz CT molecular complexity index is 348. The molecule has 0 aromatic carbocycles. The Labute approximate surface area is 118 Å². The number of aromatic nitrogens is 1. The molecule has 1 nitrogen and oxygen atoms in total. The fourth-order valence-corrected chi connectivity index (χ4v) is 3.01. The van der Waals surface area contributed by atoms with E-state index in [0.29, 0.717) is 22.7 Å². The third-order valence-electron chi connectivity index (χ3n) is 2.83. The molecule has 0 saturated heterocycles. The van der Waals surface area contributed by atoms with Crippen LogP contribution in [0.25, 0.3) is 0 Å². The molecule has 0 fully saturated rings. The number of hydrogen-bond donors (Lipinski definition) is 0. The quantitative estimate of drug-likeness (QED) is 0.688. The molecule has 1 heterocycles. The van der Waals surface area contributed by atoms with E-state index in [4.69, 9.17) is 34.8 Å². The molecule has 1 rings (SSSR count). The van der Waals surface area contributed by atoms with Crippen molar-refractivity contribution >= 4 is 34.8 Å². The van der Waals surface area contributed by atoms with Gasteiger partial charge in [-0.05, 0) is 30.4 Å². The van der Waals surface area contributed by atoms with E-state index in [-0.39, 0.29) is 5.41 Å². The molecule has 0 saturated carbocycles. The Morgan fingerprint density at radius 1 is 1.29 bits per heavy atom. The van der Waals surface area contributed by atoms with Crippen LogP contribution in [0.15, 0.2) is 18.5 Å². The van der Waals surface area contributed by atoms with E-state index < -0.39 is 0 Å². The molecular weight excluding hydrogens is 277 g/mol. The van der Waals surface area contributed by atoms with E-state index >= 15 is 0 Å². The lowest BCUT2D eigenvalue weighted by atomic mass is 9.78. The largest absolute Gasteiger partial charge is 0.263 e. The van der Waals surface area contributed by atoms with Crippen molar-refractivity contribution in [3.63, 3.8) is 0 Å². The van der Waals surface area contributed by atoms with Crippen molar-refractivity contribution in [3.05, 3.63) is 29.0 Å². The lowest BCUT2D eigenvalue weighted by Gasteiger charge is -2.31. The van der Waals surface area contributed by atoms with E-state index in [1.54, 1.807) is 12.4 Å². The van der Waals surface area contributed by atoms with Crippen LogP contribution in [0.4, 0.5) is 0 Å². The average Bonchev–Trinajstić information content (AvgIpc) is 2.30. The van der Waals surface area contributed by atoms with E-state index in [9.17, 15) is 0 Å². The molecule has 0 amide bonds. The minimum absolute atomic E-state index is 0.0811. The lowest BCUT2D eigenvalue weighted by molar-refractivity contribution is 0.295. The number of halogens is 3. The van der Waals surface area contributed by atoms with Gasteiger partial charge in [-0.15, -0.1) is 23.2 Å². The lowest BCUT2D eigenvalue weighted by Crippen LogP contribution is -2.30. The normalized spacial score (nSPS) is 12.1. The summed E-state index contributed by atoms with van der Waals surface area (Å²) in [6.45, 7) is 4.37. The first-order valence-corrected chi connectivity index (χ1v) is 7.18. The molecular formula is C13H18Cl3N. The summed E-state index contributed by atoms with van der Waals surface area (Å²) < 4.78 is 0. The summed E-state index contributed by atoms with van der Waals surface area (Å²) in [6, 6.07) is 1.94. The fourth-order valence-electron chi connectivity index (χ4n) is 2.13. The van der Waals surface area contributed by atoms with Crippen molar-refractivity contribution in [1.29, 1.82) is 0 Å². The number of hydrogen-bond acceptors (Lipinski definition) is 1. The number of alkyl halides is 2. The van der Waals surface area contributed by atoms with Crippen LogP contribution >= 0.6 is 34.8 Å². The second kappa shape index (κ2) is 6.82. The highest BCUT2D eigenvalue weighted by Crippen LogP contribution is 2.35. The Balaban J connectivity index is 2.90. The first-order chi connectivity index (χ1) is 8.03. The topological polar surface area (TPSA) is 12.9 Å². The molecule has 0 aliphatic heterocycles. The molecule has 0 aliphatic carbocycles. The summed E-state index contributed by atoms with van der Waals surface area (Å²) in [6.07, 6.45) is 5.22. The van der Waals surface area contributed by atoms with E-state index in [1.165, 1.54) is 0 Å². The van der Waals surface area contributed by atoms with Crippen molar-refractivity contribution in [2.75, 3.05) is 11.8 Å². The minimum atomic E-state index is -0.0811. The van der Waals surface area contributed by atoms with Gasteiger partial charge in [-0.2, -0.15) is 0 Å². The molecule has 1 aromatic rings. The molecule has 0 bridgehead atoms. The van der Waals surface area contributed by atoms with Gasteiger partial charge in [0.15, 0.2) is 0 Å². The predicted molar refractivity (Wildman–Crippen MR) is 76.3 cm³/mol. The van der Waals surface area contributed by atoms with Gasteiger partial charge >= 0.3 is 0 Å². The van der Waals surface area contributed by atoms with Crippen LogP contribution in [0.3, 0.4) is 0 Å². The number of pyridine rings is 1. The molecule has 0 radical (unpaired) electrons. The van der Waals surface area contributed by atoms with Crippen molar-refractivity contribution < 1.29 is 0 Å². The van der Waals surface area contributed by atoms with Crippen LogP contribution < -0.4 is 0 Å². The van der Waals surface area contributed by atoms with Gasteiger partial charge in [0.25, 0.3) is 0 Å². The molecule has 0 spiro atoms. The molecule has 17 heavy (non-hydrogen) atoms. The zero-order chi connectivity index (χ0) is 12.9. The smallest absolute Gasteiger partial charge is 0.0621 e. The van der Waals surface area contributed by atoms with Gasteiger partial charge in [0.1, 0.15) is 0 Å². The Morgan fingerprint density at radius 2 is 1.94 bits per heavy atom. The zero-order valence-corrected chi connectivity index (χ0v) is 12.5. The van der Waals surface area contributed by atoms with Crippen LogP contribution in [0.1, 0.15) is 25.8 Å². The summed E-state index contributed by atoms with van der Waals surface area (Å²) in [7, 11) is 0. The second-order valence-electron chi connectivity index (χ2n) is 5.01. The maximum Gasteiger partial charge on any atom is 0.0621 e. The first-order valence-electron chi connectivity index (χ1n) is 5.73. The highest BCUT2D eigenvalue weighted by molar-refractivity contribution is 6.31. The third kappa shape index (κ3) is 4.31. The summed E-state index contributed by atoms with van der Waals surface area (Å²) in [5.41, 5.74) is 0.992. The predicted octanol–water partition coefficient (Wildman–Crippen LogP) is 4.79. The van der Waals surface area contributed by atoms with Gasteiger partial charge in [-0.1, -0.05) is 25.4 Å². The molecule has 4 heteroatoms. The van der Waals surface area contributed by atoms with Crippen molar-refractivity contribution in [2.24, 2.45) is 11.3 Å². The summed E-state index contributed by atoms with van der Waals surface area (Å²) in [5.74, 6) is 1.66. The summed E-state index contributed by atoms with van der Waals surface area (Å²) in [5, 5.41) is 0.691. The van der Waals surface area contributed by atoms with Crippen molar-refractivity contribution in [2.45, 2.75) is 26.7 Å². The average molecular weight is 295 g/mol. The van der Waals surface area contributed by atoms with Crippen molar-refractivity contribution in [1.82, 2.24) is 4.98 Å².